The van der Waals surface area contributed by atoms with Crippen LogP contribution in [0.15, 0.2) is 0 Å². The summed E-state index contributed by atoms with van der Waals surface area (Å²) in [5, 5.41) is 6.35. The highest BCUT2D eigenvalue weighted by molar-refractivity contribution is 6.62. The van der Waals surface area contributed by atoms with Crippen LogP contribution < -0.4 is 10.6 Å². The van der Waals surface area contributed by atoms with E-state index in [1.807, 2.05) is 86.0 Å². The van der Waals surface area contributed by atoms with Gasteiger partial charge in [0, 0.05) is 104 Å². The Bertz CT molecular complexity index is 1450. The molecule has 4 aliphatic heterocycles. The minimum absolute atomic E-state index is 0. The highest BCUT2D eigenvalue weighted by Crippen LogP contribution is 2.20. The van der Waals surface area contributed by atoms with Crippen molar-refractivity contribution < 1.29 is 47.8 Å². The third kappa shape index (κ3) is 30.1. The van der Waals surface area contributed by atoms with Gasteiger partial charge in [-0.3, -0.25) is 19.2 Å². The van der Waals surface area contributed by atoms with Crippen LogP contribution in [0.4, 0.5) is 14.4 Å². The molecule has 17 nitrogen and oxygen atoms in total. The monoisotopic (exact) mass is 982 g/mol. The predicted octanol–water partition coefficient (Wildman–Crippen LogP) is 7.64. The first-order chi connectivity index (χ1) is 30.0. The Morgan fingerprint density at radius 3 is 1.18 bits per heavy atom. The number of Topliss-reactive ketones (excluding diaryl/α,β-unsaturated/α-hetero) is 1. The molecule has 0 atom stereocenters. The molecule has 0 aromatic heterocycles. The van der Waals surface area contributed by atoms with Gasteiger partial charge in [-0.25, -0.2) is 14.4 Å². The zero-order chi connectivity index (χ0) is 50.1. The minimum Gasteiger partial charge on any atom is -0.444 e. The average molecular weight is 983 g/mol. The van der Waals surface area contributed by atoms with Gasteiger partial charge in [0.2, 0.25) is 17.1 Å². The molecule has 2 N–H and O–H groups in total. The number of ether oxygens (including phenoxy) is 3. The van der Waals surface area contributed by atoms with Crippen molar-refractivity contribution in [2.75, 3.05) is 72.0 Å². The van der Waals surface area contributed by atoms with Crippen molar-refractivity contribution in [3.05, 3.63) is 0 Å². The molecule has 19 heteroatoms. The normalized spacial score (nSPS) is 17.2. The summed E-state index contributed by atoms with van der Waals surface area (Å²) >= 11 is 4.64. The zero-order valence-corrected chi connectivity index (χ0v) is 44.8. The summed E-state index contributed by atoms with van der Waals surface area (Å²) in [4.78, 5) is 87.0. The van der Waals surface area contributed by atoms with Crippen LogP contribution in [0.1, 0.15) is 155 Å². The average Bonchev–Trinajstić information content (AvgIpc) is 3.18. The van der Waals surface area contributed by atoms with Crippen LogP contribution in [-0.2, 0) is 33.4 Å². The van der Waals surface area contributed by atoms with Crippen LogP contribution in [-0.4, -0.2) is 173 Å². The number of carbonyl (C=O) groups is 7. The fraction of sp³-hybridized carbons (Fsp3) is 0.851. The van der Waals surface area contributed by atoms with Crippen LogP contribution in [0.2, 0.25) is 0 Å². The molecule has 386 valence electrons. The second-order valence-corrected chi connectivity index (χ2v) is 20.1. The molecule has 4 fully saturated rings. The van der Waals surface area contributed by atoms with E-state index in [2.05, 4.69) is 29.2 Å². The van der Waals surface area contributed by atoms with E-state index in [-0.39, 0.29) is 59.6 Å². The molecule has 0 bridgehead atoms. The number of nitrogens with zero attached hydrogens (tertiary/aromatic N) is 5. The summed E-state index contributed by atoms with van der Waals surface area (Å²) in [6.45, 7) is 36.1. The molecule has 5 amide bonds. The number of amides is 5. The number of hydrogen-bond acceptors (Lipinski definition) is 12. The molecule has 0 aromatic rings. The van der Waals surface area contributed by atoms with Gasteiger partial charge in [-0.15, -0.1) is 12.4 Å². The molecule has 0 radical (unpaired) electrons. The lowest BCUT2D eigenvalue weighted by atomic mass is 10.0. The fourth-order valence-electron chi connectivity index (χ4n) is 7.43. The van der Waals surface area contributed by atoms with Crippen LogP contribution in [0, 0.1) is 0 Å². The molecule has 0 unspecified atom stereocenters. The Balaban J connectivity index is 0. The molecule has 4 heterocycles. The van der Waals surface area contributed by atoms with Gasteiger partial charge in [-0.1, -0.05) is 6.92 Å². The maximum absolute atomic E-state index is 11.9. The van der Waals surface area contributed by atoms with Crippen molar-refractivity contribution in [2.24, 2.45) is 0 Å². The highest BCUT2D eigenvalue weighted by atomic mass is 35.5. The zero-order valence-electron chi connectivity index (χ0n) is 43.3. The van der Waals surface area contributed by atoms with Gasteiger partial charge in [0.1, 0.15) is 22.6 Å². The lowest BCUT2D eigenvalue weighted by molar-refractivity contribution is -0.132. The van der Waals surface area contributed by atoms with Gasteiger partial charge in [0.25, 0.3) is 0 Å². The van der Waals surface area contributed by atoms with Gasteiger partial charge in [-0.2, -0.15) is 0 Å². The quantitative estimate of drug-likeness (QED) is 0.196. The molecular weight excluding hydrogens is 893 g/mol. The number of carbonyl (C=O) groups excluding carboxylic acids is 7. The molecule has 0 aliphatic carbocycles. The molecule has 4 aliphatic rings. The van der Waals surface area contributed by atoms with Crippen LogP contribution in [0.5, 0.6) is 0 Å². The second kappa shape index (κ2) is 32.4. The Kier molecular flexibility index (Phi) is 31.7. The summed E-state index contributed by atoms with van der Waals surface area (Å²) < 4.78 is 15.9. The smallest absolute Gasteiger partial charge is 0.410 e. The summed E-state index contributed by atoms with van der Waals surface area (Å²) in [5.41, 5.74) is -1.31. The first-order valence-corrected chi connectivity index (χ1v) is 24.0. The highest BCUT2D eigenvalue weighted by Gasteiger charge is 2.31. The third-order valence-electron chi connectivity index (χ3n) is 10.4. The Morgan fingerprint density at radius 2 is 0.894 bits per heavy atom. The predicted molar refractivity (Wildman–Crippen MR) is 263 cm³/mol. The number of hydrogen-bond donors (Lipinski definition) is 2. The van der Waals surface area contributed by atoms with Crippen molar-refractivity contribution in [2.45, 2.75) is 190 Å². The summed E-state index contributed by atoms with van der Waals surface area (Å²) in [5.74, 6) is 0.549. The van der Waals surface area contributed by atoms with E-state index in [1.54, 1.807) is 28.5 Å². The number of ketones is 1. The number of rotatable bonds is 6. The molecule has 0 saturated carbocycles. The van der Waals surface area contributed by atoms with Crippen molar-refractivity contribution in [3.63, 3.8) is 0 Å². The van der Waals surface area contributed by atoms with Crippen molar-refractivity contribution in [1.29, 1.82) is 0 Å². The maximum atomic E-state index is 11.9. The number of nitrogens with one attached hydrogen (secondary N) is 2. The Hall–Kier alpha value is -3.41. The van der Waals surface area contributed by atoms with Crippen LogP contribution in [0.25, 0.3) is 0 Å². The van der Waals surface area contributed by atoms with Crippen molar-refractivity contribution in [3.8, 4) is 0 Å². The van der Waals surface area contributed by atoms with Gasteiger partial charge in [0.15, 0.2) is 0 Å². The van der Waals surface area contributed by atoms with Gasteiger partial charge in [-0.05, 0) is 146 Å². The van der Waals surface area contributed by atoms with Crippen LogP contribution >= 0.6 is 24.0 Å². The summed E-state index contributed by atoms with van der Waals surface area (Å²) in [7, 11) is 0. The SMILES string of the molecule is CC(=O)Cl.CC(C)(C)OC(=O)N1CCC(=O)CC1.CCN(C(C)=O)C1CCN(C(=O)OC(C)(C)C)CC1.CCN(C(C)=O)C1CCNCC1.CCNC1CCN(C(=O)OC(C)(C)C)CC1.Cl. The number of halogens is 2. The number of piperidine rings is 4. The maximum Gasteiger partial charge on any atom is 0.410 e. The molecule has 4 rings (SSSR count). The topological polar surface area (TPSA) is 187 Å². The van der Waals surface area contributed by atoms with E-state index in [0.717, 1.165) is 84.3 Å². The molecule has 4 saturated heterocycles. The van der Waals surface area contributed by atoms with E-state index in [0.29, 0.717) is 51.1 Å². The molecule has 66 heavy (non-hydrogen) atoms. The third-order valence-corrected chi connectivity index (χ3v) is 10.4. The number of likely N-dealkylation sites (tertiary alicyclic amines) is 3. The lowest BCUT2D eigenvalue weighted by Gasteiger charge is -2.38. The first kappa shape index (κ1) is 64.7. The van der Waals surface area contributed by atoms with Crippen LogP contribution in [0.3, 0.4) is 0 Å². The first-order valence-electron chi connectivity index (χ1n) is 23.6. The van der Waals surface area contributed by atoms with E-state index in [9.17, 15) is 33.6 Å². The summed E-state index contributed by atoms with van der Waals surface area (Å²) in [6, 6.07) is 1.29. The van der Waals surface area contributed by atoms with E-state index in [4.69, 9.17) is 14.2 Å². The molecule has 0 spiro atoms. The minimum atomic E-state index is -0.460. The van der Waals surface area contributed by atoms with Gasteiger partial charge >= 0.3 is 18.3 Å². The fourth-order valence-corrected chi connectivity index (χ4v) is 7.43. The van der Waals surface area contributed by atoms with Gasteiger partial charge < -0.3 is 49.3 Å². The van der Waals surface area contributed by atoms with E-state index in [1.165, 1.54) is 6.92 Å². The van der Waals surface area contributed by atoms with Gasteiger partial charge in [0.05, 0.1) is 0 Å². The van der Waals surface area contributed by atoms with Crippen molar-refractivity contribution in [1.82, 2.24) is 35.1 Å². The Labute approximate surface area is 408 Å². The second-order valence-electron chi connectivity index (χ2n) is 19.6. The Morgan fingerprint density at radius 1 is 0.591 bits per heavy atom. The molecule has 0 aromatic carbocycles. The van der Waals surface area contributed by atoms with E-state index >= 15 is 0 Å². The lowest BCUT2D eigenvalue weighted by Crippen LogP contribution is -2.49. The van der Waals surface area contributed by atoms with Crippen molar-refractivity contribution >= 4 is 65.1 Å². The summed E-state index contributed by atoms with van der Waals surface area (Å²) in [6.07, 6.45) is 6.07. The standard InChI is InChI=1S/C14H26N2O3.C12H24N2O2.C10H17NO3.C9H18N2O.C2H3ClO.ClH/c1-6-16(11(2)17)12-7-9-15(10-8-12)13(18)19-14(3,4)5;1-5-13-10-6-8-14(9-7-10)11(15)16-12(2,3)4;1-10(2,3)14-9(13)11-6-4-8(12)5-7-11;1-3-11(8(2)12)9-4-6-10-7-5-9;1-2(3)4;/h12H,6-10H2,1-5H3;10,13H,5-9H2,1-4H3;4-7H2,1-3H3;9-10H,3-7H2,1-2H3;1H3;1H. The molecular formula is C47H89Cl2N7O10. The largest absolute Gasteiger partial charge is 0.444 e. The van der Waals surface area contributed by atoms with E-state index < -0.39 is 16.8 Å².